The minimum atomic E-state index is -3.89. The molecule has 2 aromatic heterocycles. The predicted molar refractivity (Wildman–Crippen MR) is 117 cm³/mol. The van der Waals surface area contributed by atoms with Crippen LogP contribution < -0.4 is 4.90 Å². The second kappa shape index (κ2) is 7.78. The maximum absolute atomic E-state index is 13.1. The molecule has 2 fully saturated rings. The Bertz CT molecular complexity index is 1140. The van der Waals surface area contributed by atoms with E-state index in [0.29, 0.717) is 5.92 Å². The molecule has 3 aromatic rings. The number of aryl methyl sites for hydroxylation is 1. The number of rotatable bonds is 5. The molecule has 5 rings (SSSR count). The van der Waals surface area contributed by atoms with Crippen LogP contribution in [0.2, 0.25) is 0 Å². The monoisotopic (exact) mass is 439 g/mol. The highest BCUT2D eigenvalue weighted by atomic mass is 32.2. The van der Waals surface area contributed by atoms with Crippen LogP contribution >= 0.6 is 0 Å². The second-order valence-electron chi connectivity index (χ2n) is 8.47. The Balaban J connectivity index is 1.44. The van der Waals surface area contributed by atoms with E-state index in [0.717, 1.165) is 42.1 Å². The van der Waals surface area contributed by atoms with Crippen molar-refractivity contribution >= 4 is 15.8 Å². The highest BCUT2D eigenvalue weighted by Crippen LogP contribution is 2.40. The molecule has 162 valence electrons. The number of fused-ring (bicyclic) bond motifs is 1. The second-order valence-corrected chi connectivity index (χ2v) is 10.0. The molecule has 4 heterocycles. The molecule has 1 aromatic carbocycles. The van der Waals surface area contributed by atoms with Gasteiger partial charge in [-0.3, -0.25) is 4.98 Å². The van der Waals surface area contributed by atoms with Crippen molar-refractivity contribution in [3.63, 3.8) is 0 Å². The fourth-order valence-electron chi connectivity index (χ4n) is 4.63. The Morgan fingerprint density at radius 2 is 1.87 bits per heavy atom. The topological polar surface area (TPSA) is 75.9 Å². The van der Waals surface area contributed by atoms with Crippen LogP contribution in [0, 0.1) is 18.8 Å². The van der Waals surface area contributed by atoms with Crippen molar-refractivity contribution in [2.45, 2.75) is 18.0 Å². The van der Waals surface area contributed by atoms with Crippen molar-refractivity contribution < 1.29 is 17.0 Å². The van der Waals surface area contributed by atoms with Gasteiger partial charge < -0.3 is 14.2 Å². The fraction of sp³-hybridized carbons (Fsp3) is 0.348. The SMILES string of the molecule is Cc1ccc(S(=O)(=O)OC2C3CN(C)CC3CN2c2ccc(-c3ccoc3)nc2)cc1. The third-order valence-electron chi connectivity index (χ3n) is 6.21. The molecule has 2 aliphatic heterocycles. The van der Waals surface area contributed by atoms with E-state index in [1.54, 1.807) is 43.0 Å². The molecule has 0 spiro atoms. The van der Waals surface area contributed by atoms with Gasteiger partial charge in [-0.15, -0.1) is 0 Å². The molecular formula is C23H25N3O4S. The van der Waals surface area contributed by atoms with E-state index in [-0.39, 0.29) is 10.8 Å². The summed E-state index contributed by atoms with van der Waals surface area (Å²) in [7, 11) is -1.83. The number of hydrogen-bond donors (Lipinski definition) is 0. The van der Waals surface area contributed by atoms with Gasteiger partial charge in [-0.1, -0.05) is 17.7 Å². The zero-order valence-electron chi connectivity index (χ0n) is 17.5. The Kier molecular flexibility index (Phi) is 5.08. The molecule has 0 amide bonds. The van der Waals surface area contributed by atoms with Crippen LogP contribution in [0.4, 0.5) is 5.69 Å². The summed E-state index contributed by atoms with van der Waals surface area (Å²) in [5.41, 5.74) is 3.57. The molecular weight excluding hydrogens is 414 g/mol. The first-order valence-electron chi connectivity index (χ1n) is 10.3. The standard InChI is InChI=1S/C23H25N3O4S/c1-16-3-6-20(7-4-16)31(27,28)30-23-21-14-25(2)12-18(21)13-26(23)19-5-8-22(24-11-19)17-9-10-29-15-17/h3-11,15,18,21,23H,12-14H2,1-2H3. The van der Waals surface area contributed by atoms with E-state index in [1.165, 1.54) is 0 Å². The molecule has 8 heteroatoms. The number of benzene rings is 1. The summed E-state index contributed by atoms with van der Waals surface area (Å²) >= 11 is 0. The van der Waals surface area contributed by atoms with Gasteiger partial charge in [-0.2, -0.15) is 8.42 Å². The van der Waals surface area contributed by atoms with Gasteiger partial charge in [0.2, 0.25) is 0 Å². The van der Waals surface area contributed by atoms with E-state index in [4.69, 9.17) is 8.60 Å². The van der Waals surface area contributed by atoms with Gasteiger partial charge in [0, 0.05) is 31.1 Å². The summed E-state index contributed by atoms with van der Waals surface area (Å²) in [6, 6.07) is 12.5. The molecule has 31 heavy (non-hydrogen) atoms. The van der Waals surface area contributed by atoms with Crippen molar-refractivity contribution in [3.05, 3.63) is 66.8 Å². The van der Waals surface area contributed by atoms with Crippen LogP contribution in [-0.2, 0) is 14.3 Å². The number of aromatic nitrogens is 1. The molecule has 0 bridgehead atoms. The van der Waals surface area contributed by atoms with Crippen LogP contribution in [-0.4, -0.2) is 51.2 Å². The van der Waals surface area contributed by atoms with E-state index in [9.17, 15) is 8.42 Å². The average Bonchev–Trinajstić information content (AvgIpc) is 3.46. The number of furan rings is 1. The number of likely N-dealkylation sites (tertiary alicyclic amines) is 1. The summed E-state index contributed by atoms with van der Waals surface area (Å²) in [6.07, 6.45) is 4.48. The van der Waals surface area contributed by atoms with Crippen molar-refractivity contribution in [2.75, 3.05) is 31.6 Å². The minimum absolute atomic E-state index is 0.110. The maximum atomic E-state index is 13.1. The summed E-state index contributed by atoms with van der Waals surface area (Å²) in [5, 5.41) is 0. The van der Waals surface area contributed by atoms with E-state index < -0.39 is 16.3 Å². The Morgan fingerprint density at radius 3 is 2.55 bits per heavy atom. The van der Waals surface area contributed by atoms with Gasteiger partial charge >= 0.3 is 0 Å². The summed E-state index contributed by atoms with van der Waals surface area (Å²) in [4.78, 5) is 9.02. The van der Waals surface area contributed by atoms with Crippen LogP contribution in [0.3, 0.4) is 0 Å². The molecule has 0 N–H and O–H groups in total. The summed E-state index contributed by atoms with van der Waals surface area (Å²) < 4.78 is 37.2. The van der Waals surface area contributed by atoms with Gasteiger partial charge in [0.05, 0.1) is 35.0 Å². The highest BCUT2D eigenvalue weighted by molar-refractivity contribution is 7.86. The molecule has 2 aliphatic rings. The zero-order chi connectivity index (χ0) is 21.6. The Hall–Kier alpha value is -2.68. The van der Waals surface area contributed by atoms with E-state index in [2.05, 4.69) is 16.9 Å². The van der Waals surface area contributed by atoms with Crippen LogP contribution in [0.1, 0.15) is 5.56 Å². The van der Waals surface area contributed by atoms with Crippen LogP contribution in [0.15, 0.2) is 70.5 Å². The largest absolute Gasteiger partial charge is 0.472 e. The first-order chi connectivity index (χ1) is 14.9. The van der Waals surface area contributed by atoms with Gasteiger partial charge in [-0.25, -0.2) is 4.18 Å². The molecule has 0 radical (unpaired) electrons. The molecule has 2 saturated heterocycles. The normalized spacial score (nSPS) is 23.9. The Labute approximate surface area is 182 Å². The zero-order valence-corrected chi connectivity index (χ0v) is 18.3. The van der Waals surface area contributed by atoms with Crippen molar-refractivity contribution in [3.8, 4) is 11.3 Å². The Morgan fingerprint density at radius 1 is 1.06 bits per heavy atom. The lowest BCUT2D eigenvalue weighted by Crippen LogP contribution is -2.39. The van der Waals surface area contributed by atoms with Gasteiger partial charge in [0.15, 0.2) is 6.23 Å². The fourth-order valence-corrected chi connectivity index (χ4v) is 5.71. The quantitative estimate of drug-likeness (QED) is 0.564. The lowest BCUT2D eigenvalue weighted by molar-refractivity contribution is 0.160. The molecule has 7 nitrogen and oxygen atoms in total. The predicted octanol–water partition coefficient (Wildman–Crippen LogP) is 3.38. The van der Waals surface area contributed by atoms with Crippen molar-refractivity contribution in [1.29, 1.82) is 0 Å². The third-order valence-corrected chi connectivity index (χ3v) is 7.51. The van der Waals surface area contributed by atoms with Crippen LogP contribution in [0.25, 0.3) is 11.3 Å². The first-order valence-corrected chi connectivity index (χ1v) is 11.8. The molecule has 0 saturated carbocycles. The minimum Gasteiger partial charge on any atom is -0.472 e. The maximum Gasteiger partial charge on any atom is 0.298 e. The number of hydrogen-bond acceptors (Lipinski definition) is 7. The number of nitrogens with zero attached hydrogens (tertiary/aromatic N) is 3. The lowest BCUT2D eigenvalue weighted by atomic mass is 10.00. The van der Waals surface area contributed by atoms with E-state index >= 15 is 0 Å². The molecule has 0 aliphatic carbocycles. The average molecular weight is 440 g/mol. The van der Waals surface area contributed by atoms with Crippen molar-refractivity contribution in [2.24, 2.45) is 11.8 Å². The van der Waals surface area contributed by atoms with Crippen LogP contribution in [0.5, 0.6) is 0 Å². The molecule has 3 unspecified atom stereocenters. The third kappa shape index (κ3) is 3.86. The lowest BCUT2D eigenvalue weighted by Gasteiger charge is -2.29. The smallest absolute Gasteiger partial charge is 0.298 e. The summed E-state index contributed by atoms with van der Waals surface area (Å²) in [5.74, 6) is 0.454. The van der Waals surface area contributed by atoms with Crippen molar-refractivity contribution in [1.82, 2.24) is 9.88 Å². The summed E-state index contributed by atoms with van der Waals surface area (Å²) in [6.45, 7) is 4.38. The first kappa shape index (κ1) is 20.2. The van der Waals surface area contributed by atoms with E-state index in [1.807, 2.05) is 30.0 Å². The van der Waals surface area contributed by atoms with Gasteiger partial charge in [0.25, 0.3) is 10.1 Å². The number of pyridine rings is 1. The van der Waals surface area contributed by atoms with Gasteiger partial charge in [-0.05, 0) is 50.2 Å². The number of anilines is 1. The highest BCUT2D eigenvalue weighted by Gasteiger charge is 2.49. The van der Waals surface area contributed by atoms with Gasteiger partial charge in [0.1, 0.15) is 0 Å². The molecule has 3 atom stereocenters.